The zero-order valence-electron chi connectivity index (χ0n) is 15.3. The van der Waals surface area contributed by atoms with Gasteiger partial charge in [0.15, 0.2) is 0 Å². The lowest BCUT2D eigenvalue weighted by Crippen LogP contribution is -2.45. The summed E-state index contributed by atoms with van der Waals surface area (Å²) in [6, 6.07) is 0. The van der Waals surface area contributed by atoms with Crippen LogP contribution in [0.2, 0.25) is 0 Å². The van der Waals surface area contributed by atoms with Gasteiger partial charge in [0.1, 0.15) is 12.1 Å². The van der Waals surface area contributed by atoms with Crippen LogP contribution in [0.5, 0.6) is 0 Å². The van der Waals surface area contributed by atoms with Gasteiger partial charge in [0, 0.05) is 13.5 Å². The number of esters is 1. The molecule has 1 heterocycles. The van der Waals surface area contributed by atoms with Gasteiger partial charge >= 0.3 is 12.1 Å². The molecule has 0 aromatic heterocycles. The number of guanidine groups is 1. The van der Waals surface area contributed by atoms with E-state index in [1.54, 1.807) is 20.8 Å². The number of cyclic esters (lactones) is 1. The minimum atomic E-state index is -0.841. The fraction of sp³-hybridized carbons (Fsp3) is 0.647. The van der Waals surface area contributed by atoms with Crippen molar-refractivity contribution in [3.63, 3.8) is 0 Å². The summed E-state index contributed by atoms with van der Waals surface area (Å²) >= 11 is 0. The molecule has 0 saturated carbocycles. The average Bonchev–Trinajstić information content (AvgIpc) is 2.46. The van der Waals surface area contributed by atoms with Crippen molar-refractivity contribution in [2.24, 2.45) is 4.99 Å². The molecule has 1 aliphatic rings. The molecule has 0 aromatic carbocycles. The first kappa shape index (κ1) is 20.7. The molecule has 0 spiro atoms. The fourth-order valence-electron chi connectivity index (χ4n) is 1.94. The summed E-state index contributed by atoms with van der Waals surface area (Å²) in [6.07, 6.45) is 5.37. The van der Waals surface area contributed by atoms with Gasteiger partial charge in [-0.05, 0) is 40.0 Å². The molecule has 0 aromatic rings. The number of carbonyl (C=O) groups excluding carboxylic acids is 3. The molecule has 140 valence electrons. The Morgan fingerprint density at radius 2 is 1.96 bits per heavy atom. The smallest absolute Gasteiger partial charge is 0.437 e. The van der Waals surface area contributed by atoms with E-state index in [1.165, 1.54) is 11.9 Å². The quantitative estimate of drug-likeness (QED) is 0.528. The predicted molar refractivity (Wildman–Crippen MR) is 93.0 cm³/mol. The maximum atomic E-state index is 12.0. The molecule has 0 bridgehead atoms. The normalized spacial score (nSPS) is 21.1. The number of hydrogen-bond donors (Lipinski definition) is 1. The number of aliphatic imine (C=N–C) groups is 1. The summed E-state index contributed by atoms with van der Waals surface area (Å²) in [5, 5.41) is 2.56. The van der Waals surface area contributed by atoms with E-state index in [9.17, 15) is 14.4 Å². The Hall–Kier alpha value is -2.38. The Balaban J connectivity index is 2.91. The predicted octanol–water partition coefficient (Wildman–Crippen LogP) is 2.00. The van der Waals surface area contributed by atoms with Crippen molar-refractivity contribution >= 4 is 23.9 Å². The largest absolute Gasteiger partial charge is 0.464 e. The van der Waals surface area contributed by atoms with Crippen molar-refractivity contribution in [2.75, 3.05) is 20.2 Å². The van der Waals surface area contributed by atoms with Crippen molar-refractivity contribution in [1.29, 1.82) is 0 Å². The van der Waals surface area contributed by atoms with Crippen molar-refractivity contribution < 1.29 is 23.9 Å². The molecule has 0 saturated heterocycles. The Morgan fingerprint density at radius 3 is 2.64 bits per heavy atom. The summed E-state index contributed by atoms with van der Waals surface area (Å²) in [5.41, 5.74) is -0.712. The van der Waals surface area contributed by atoms with Gasteiger partial charge in [-0.15, -0.1) is 4.99 Å². The molecule has 0 aliphatic carbocycles. The Morgan fingerprint density at radius 1 is 1.28 bits per heavy atom. The number of amides is 2. The van der Waals surface area contributed by atoms with Crippen LogP contribution in [-0.4, -0.2) is 54.6 Å². The Bertz CT molecular complexity index is 549. The van der Waals surface area contributed by atoms with Crippen molar-refractivity contribution in [3.8, 4) is 0 Å². The van der Waals surface area contributed by atoms with Crippen LogP contribution in [0.3, 0.4) is 0 Å². The van der Waals surface area contributed by atoms with Crippen molar-refractivity contribution in [3.05, 3.63) is 12.2 Å². The van der Waals surface area contributed by atoms with E-state index in [-0.39, 0.29) is 31.4 Å². The Kier molecular flexibility index (Phi) is 8.10. The van der Waals surface area contributed by atoms with Gasteiger partial charge in [-0.25, -0.2) is 4.79 Å². The second-order valence-corrected chi connectivity index (χ2v) is 6.69. The number of hydrogen-bond acceptors (Lipinski definition) is 5. The minimum Gasteiger partial charge on any atom is -0.464 e. The number of allylic oxidation sites excluding steroid dienone is 1. The van der Waals surface area contributed by atoms with Crippen LogP contribution in [-0.2, 0) is 19.1 Å². The maximum Gasteiger partial charge on any atom is 0.437 e. The van der Waals surface area contributed by atoms with E-state index >= 15 is 0 Å². The van der Waals surface area contributed by atoms with E-state index in [0.29, 0.717) is 12.8 Å². The lowest BCUT2D eigenvalue weighted by Gasteiger charge is -2.22. The summed E-state index contributed by atoms with van der Waals surface area (Å²) in [6.45, 7) is 5.28. The van der Waals surface area contributed by atoms with E-state index in [1.807, 2.05) is 12.2 Å². The van der Waals surface area contributed by atoms with Gasteiger partial charge in [0.25, 0.3) is 0 Å². The summed E-state index contributed by atoms with van der Waals surface area (Å²) in [4.78, 5) is 40.9. The highest BCUT2D eigenvalue weighted by atomic mass is 16.6. The summed E-state index contributed by atoms with van der Waals surface area (Å²) < 4.78 is 10.2. The molecular formula is C17H27N3O5. The third-order valence-electron chi connectivity index (χ3n) is 3.06. The highest BCUT2D eigenvalue weighted by Gasteiger charge is 2.20. The lowest BCUT2D eigenvalue weighted by molar-refractivity contribution is -0.143. The number of nitrogens with one attached hydrogen (secondary N) is 1. The van der Waals surface area contributed by atoms with Gasteiger partial charge in [-0.2, -0.15) is 0 Å². The van der Waals surface area contributed by atoms with Crippen LogP contribution in [0.25, 0.3) is 0 Å². The first-order chi connectivity index (χ1) is 11.7. The number of rotatable bonds is 0. The molecule has 8 nitrogen and oxygen atoms in total. The van der Waals surface area contributed by atoms with Gasteiger partial charge in [0.2, 0.25) is 11.9 Å². The van der Waals surface area contributed by atoms with Crippen LogP contribution >= 0.6 is 0 Å². The third kappa shape index (κ3) is 9.49. The molecular weight excluding hydrogens is 326 g/mol. The van der Waals surface area contributed by atoms with Gasteiger partial charge in [-0.1, -0.05) is 12.2 Å². The van der Waals surface area contributed by atoms with Crippen LogP contribution in [0.4, 0.5) is 4.79 Å². The maximum absolute atomic E-state index is 12.0. The van der Waals surface area contributed by atoms with Gasteiger partial charge < -0.3 is 14.4 Å². The number of nitrogens with zero attached hydrogens (tertiary/aromatic N) is 2. The molecule has 1 aliphatic heterocycles. The van der Waals surface area contributed by atoms with E-state index in [0.717, 1.165) is 6.42 Å². The van der Waals surface area contributed by atoms with Crippen LogP contribution in [0.1, 0.15) is 46.5 Å². The second kappa shape index (κ2) is 9.80. The average molecular weight is 353 g/mol. The van der Waals surface area contributed by atoms with Crippen LogP contribution in [0, 0.1) is 0 Å². The number of ether oxygens (including phenoxy) is 2. The second-order valence-electron chi connectivity index (χ2n) is 6.69. The Labute approximate surface area is 148 Å². The first-order valence-electron chi connectivity index (χ1n) is 8.30. The highest BCUT2D eigenvalue weighted by Crippen LogP contribution is 2.08. The van der Waals surface area contributed by atoms with Gasteiger partial charge in [-0.3, -0.25) is 14.9 Å². The molecule has 2 amide bonds. The minimum absolute atomic E-state index is 0.0381. The monoisotopic (exact) mass is 353 g/mol. The molecule has 1 N–H and O–H groups in total. The summed E-state index contributed by atoms with van der Waals surface area (Å²) in [7, 11) is 1.54. The number of carbonyl (C=O) groups is 3. The van der Waals surface area contributed by atoms with E-state index in [4.69, 9.17) is 9.47 Å². The van der Waals surface area contributed by atoms with E-state index < -0.39 is 17.7 Å². The SMILES string of the molecule is CN1CC(=O)OCC/C=C/CCCC(=O)N/C1=N/C(=O)OC(C)(C)C. The molecule has 0 unspecified atom stereocenters. The lowest BCUT2D eigenvalue weighted by atomic mass is 10.2. The molecule has 8 heteroatoms. The summed E-state index contributed by atoms with van der Waals surface area (Å²) in [5.74, 6) is -0.795. The van der Waals surface area contributed by atoms with Crippen molar-refractivity contribution in [2.45, 2.75) is 52.1 Å². The third-order valence-corrected chi connectivity index (χ3v) is 3.06. The molecule has 25 heavy (non-hydrogen) atoms. The van der Waals surface area contributed by atoms with Crippen LogP contribution < -0.4 is 5.32 Å². The van der Waals surface area contributed by atoms with Crippen LogP contribution in [0.15, 0.2) is 17.1 Å². The number of likely N-dealkylation sites (N-methyl/N-ethyl adjacent to an activating group) is 1. The van der Waals surface area contributed by atoms with Gasteiger partial charge in [0.05, 0.1) is 6.61 Å². The highest BCUT2D eigenvalue weighted by molar-refractivity contribution is 6.01. The zero-order valence-corrected chi connectivity index (χ0v) is 15.3. The molecule has 1 rings (SSSR count). The zero-order chi connectivity index (χ0) is 18.9. The standard InChI is InChI=1S/C17H27N3O5/c1-17(2,3)25-16(23)19-15-18-13(21)10-8-6-5-7-9-11-24-14(22)12-20(15)4/h5,7H,6,8-12H2,1-4H3,(H,18,19,21,23)/b7-5+. The van der Waals surface area contributed by atoms with E-state index in [2.05, 4.69) is 10.3 Å². The molecule has 0 atom stereocenters. The fourth-order valence-corrected chi connectivity index (χ4v) is 1.94. The molecule has 0 fully saturated rings. The van der Waals surface area contributed by atoms with Crippen molar-refractivity contribution in [1.82, 2.24) is 10.2 Å². The molecule has 0 radical (unpaired) electrons. The topological polar surface area (TPSA) is 97.3 Å². The first-order valence-corrected chi connectivity index (χ1v) is 8.30.